The number of aromatic nitrogens is 3. The number of hydrogen-bond donors (Lipinski definition) is 2. The van der Waals surface area contributed by atoms with Gasteiger partial charge in [-0.1, -0.05) is 6.42 Å². The second-order valence-electron chi connectivity index (χ2n) is 6.69. The molecule has 0 atom stereocenters. The molecule has 0 saturated heterocycles. The van der Waals surface area contributed by atoms with Crippen LogP contribution in [-0.4, -0.2) is 40.4 Å². The molecule has 1 aromatic heterocycles. The predicted octanol–water partition coefficient (Wildman–Crippen LogP) is 2.52. The Bertz CT molecular complexity index is 523. The fourth-order valence-corrected chi connectivity index (χ4v) is 3.05. The van der Waals surface area contributed by atoms with Crippen LogP contribution in [0, 0.1) is 5.92 Å². The van der Waals surface area contributed by atoms with E-state index in [1.165, 1.54) is 37.9 Å². The van der Waals surface area contributed by atoms with Gasteiger partial charge in [-0.2, -0.15) is 0 Å². The fourth-order valence-electron chi connectivity index (χ4n) is 3.05. The van der Waals surface area contributed by atoms with Crippen molar-refractivity contribution in [1.29, 1.82) is 0 Å². The molecular weight excluding hydrogens is 415 g/mol. The van der Waals surface area contributed by atoms with Crippen molar-refractivity contribution in [2.45, 2.75) is 64.8 Å². The summed E-state index contributed by atoms with van der Waals surface area (Å²) >= 11 is 0. The molecule has 3 rings (SSSR count). The average Bonchev–Trinajstić information content (AvgIpc) is 3.35. The van der Waals surface area contributed by atoms with Gasteiger partial charge in [0.05, 0.1) is 0 Å². The van der Waals surface area contributed by atoms with Crippen molar-refractivity contribution < 1.29 is 0 Å². The number of rotatable bonds is 7. The second-order valence-corrected chi connectivity index (χ2v) is 6.69. The molecule has 0 amide bonds. The molecule has 0 unspecified atom stereocenters. The van der Waals surface area contributed by atoms with Gasteiger partial charge >= 0.3 is 0 Å². The highest BCUT2D eigenvalue weighted by Crippen LogP contribution is 2.28. The number of guanidine groups is 1. The molecule has 24 heavy (non-hydrogen) atoms. The second kappa shape index (κ2) is 10.2. The summed E-state index contributed by atoms with van der Waals surface area (Å²) in [4.78, 5) is 4.65. The normalized spacial score (nSPS) is 17.6. The third-order valence-electron chi connectivity index (χ3n) is 4.60. The first kappa shape index (κ1) is 19.5. The first-order valence-electron chi connectivity index (χ1n) is 9.30. The number of nitrogens with one attached hydrogen (secondary N) is 2. The Morgan fingerprint density at radius 3 is 2.88 bits per heavy atom. The summed E-state index contributed by atoms with van der Waals surface area (Å²) in [5, 5.41) is 15.5. The number of hydrogen-bond acceptors (Lipinski definition) is 3. The Hall–Kier alpha value is -0.860. The lowest BCUT2D eigenvalue weighted by molar-refractivity contribution is 0.593. The van der Waals surface area contributed by atoms with Crippen LogP contribution in [0.4, 0.5) is 0 Å². The molecule has 0 bridgehead atoms. The SMILES string of the molecule is CCNC(=NCC1CC1)NCCCc1nnc2n1CCCCC2.I. The standard InChI is InChI=1S/C17H30N6.HI/c1-2-18-17(20-13-14-9-10-14)19-11-6-8-16-22-21-15-7-4-3-5-12-23(15)16;/h14H,2-13H2,1H3,(H2,18,19,20);1H. The smallest absolute Gasteiger partial charge is 0.191 e. The minimum Gasteiger partial charge on any atom is -0.357 e. The minimum absolute atomic E-state index is 0. The van der Waals surface area contributed by atoms with E-state index in [0.29, 0.717) is 0 Å². The lowest BCUT2D eigenvalue weighted by Crippen LogP contribution is -2.38. The van der Waals surface area contributed by atoms with Gasteiger partial charge in [0, 0.05) is 39.0 Å². The Kier molecular flexibility index (Phi) is 8.28. The van der Waals surface area contributed by atoms with Crippen LogP contribution in [0.2, 0.25) is 0 Å². The molecule has 2 heterocycles. The van der Waals surface area contributed by atoms with E-state index in [1.54, 1.807) is 0 Å². The molecule has 0 radical (unpaired) electrons. The molecule has 0 aromatic carbocycles. The topological polar surface area (TPSA) is 67.1 Å². The van der Waals surface area contributed by atoms with Crippen LogP contribution in [0.5, 0.6) is 0 Å². The average molecular weight is 446 g/mol. The summed E-state index contributed by atoms with van der Waals surface area (Å²) in [6.07, 6.45) is 9.66. The zero-order valence-electron chi connectivity index (χ0n) is 14.8. The molecule has 0 spiro atoms. The Morgan fingerprint density at radius 2 is 2.08 bits per heavy atom. The quantitative estimate of drug-likeness (QED) is 0.293. The summed E-state index contributed by atoms with van der Waals surface area (Å²) in [5.41, 5.74) is 0. The first-order valence-corrected chi connectivity index (χ1v) is 9.30. The molecule has 1 saturated carbocycles. The maximum Gasteiger partial charge on any atom is 0.191 e. The van der Waals surface area contributed by atoms with Gasteiger partial charge in [-0.15, -0.1) is 34.2 Å². The molecule has 1 aromatic rings. The van der Waals surface area contributed by atoms with E-state index in [4.69, 9.17) is 0 Å². The lowest BCUT2D eigenvalue weighted by atomic mass is 10.2. The molecule has 136 valence electrons. The van der Waals surface area contributed by atoms with Gasteiger partial charge in [-0.3, -0.25) is 4.99 Å². The van der Waals surface area contributed by atoms with E-state index < -0.39 is 0 Å². The highest BCUT2D eigenvalue weighted by Gasteiger charge is 2.20. The van der Waals surface area contributed by atoms with Crippen molar-refractivity contribution in [3.8, 4) is 0 Å². The van der Waals surface area contributed by atoms with Crippen molar-refractivity contribution in [2.24, 2.45) is 10.9 Å². The summed E-state index contributed by atoms with van der Waals surface area (Å²) in [6.45, 7) is 6.01. The van der Waals surface area contributed by atoms with Crippen molar-refractivity contribution in [3.63, 3.8) is 0 Å². The molecule has 1 aliphatic heterocycles. The van der Waals surface area contributed by atoms with E-state index in [9.17, 15) is 0 Å². The van der Waals surface area contributed by atoms with Crippen LogP contribution in [0.3, 0.4) is 0 Å². The molecule has 7 heteroatoms. The van der Waals surface area contributed by atoms with Crippen LogP contribution in [0.1, 0.15) is 57.1 Å². The molecule has 1 aliphatic carbocycles. The van der Waals surface area contributed by atoms with E-state index in [-0.39, 0.29) is 24.0 Å². The summed E-state index contributed by atoms with van der Waals surface area (Å²) in [5.74, 6) is 4.13. The van der Waals surface area contributed by atoms with Crippen LogP contribution in [-0.2, 0) is 19.4 Å². The molecule has 2 N–H and O–H groups in total. The highest BCUT2D eigenvalue weighted by atomic mass is 127. The lowest BCUT2D eigenvalue weighted by Gasteiger charge is -2.11. The van der Waals surface area contributed by atoms with E-state index in [1.807, 2.05) is 0 Å². The van der Waals surface area contributed by atoms with Crippen LogP contribution in [0.15, 0.2) is 4.99 Å². The zero-order chi connectivity index (χ0) is 15.9. The third kappa shape index (κ3) is 5.89. The summed E-state index contributed by atoms with van der Waals surface area (Å²) < 4.78 is 2.35. The summed E-state index contributed by atoms with van der Waals surface area (Å²) in [7, 11) is 0. The van der Waals surface area contributed by atoms with Crippen molar-refractivity contribution in [1.82, 2.24) is 25.4 Å². The van der Waals surface area contributed by atoms with Gasteiger partial charge in [-0.25, -0.2) is 0 Å². The van der Waals surface area contributed by atoms with Crippen molar-refractivity contribution in [3.05, 3.63) is 11.6 Å². The number of nitrogens with zero attached hydrogens (tertiary/aromatic N) is 4. The number of halogens is 1. The largest absolute Gasteiger partial charge is 0.357 e. The van der Waals surface area contributed by atoms with Gasteiger partial charge in [-0.05, 0) is 44.9 Å². The molecule has 6 nitrogen and oxygen atoms in total. The van der Waals surface area contributed by atoms with Gasteiger partial charge in [0.1, 0.15) is 11.6 Å². The molecule has 2 aliphatic rings. The zero-order valence-corrected chi connectivity index (χ0v) is 17.1. The van der Waals surface area contributed by atoms with E-state index in [0.717, 1.165) is 63.1 Å². The highest BCUT2D eigenvalue weighted by molar-refractivity contribution is 14.0. The van der Waals surface area contributed by atoms with Gasteiger partial charge < -0.3 is 15.2 Å². The van der Waals surface area contributed by atoms with Crippen molar-refractivity contribution in [2.75, 3.05) is 19.6 Å². The Balaban J connectivity index is 0.00000208. The first-order chi connectivity index (χ1) is 11.4. The summed E-state index contributed by atoms with van der Waals surface area (Å²) in [6, 6.07) is 0. The number of aryl methyl sites for hydroxylation is 2. The van der Waals surface area contributed by atoms with E-state index >= 15 is 0 Å². The van der Waals surface area contributed by atoms with Crippen LogP contribution >= 0.6 is 24.0 Å². The van der Waals surface area contributed by atoms with Crippen LogP contribution < -0.4 is 10.6 Å². The monoisotopic (exact) mass is 446 g/mol. The molecule has 1 fully saturated rings. The number of aliphatic imine (C=N–C) groups is 1. The number of fused-ring (bicyclic) bond motifs is 1. The van der Waals surface area contributed by atoms with E-state index in [2.05, 4.69) is 37.3 Å². The van der Waals surface area contributed by atoms with Crippen molar-refractivity contribution >= 4 is 29.9 Å². The van der Waals surface area contributed by atoms with Crippen LogP contribution in [0.25, 0.3) is 0 Å². The Labute approximate surface area is 162 Å². The van der Waals surface area contributed by atoms with Gasteiger partial charge in [0.25, 0.3) is 0 Å². The van der Waals surface area contributed by atoms with Gasteiger partial charge in [0.2, 0.25) is 0 Å². The third-order valence-corrected chi connectivity index (χ3v) is 4.60. The predicted molar refractivity (Wildman–Crippen MR) is 108 cm³/mol. The maximum absolute atomic E-state index is 4.65. The minimum atomic E-state index is 0. The van der Waals surface area contributed by atoms with Gasteiger partial charge in [0.15, 0.2) is 5.96 Å². The fraction of sp³-hybridized carbons (Fsp3) is 0.824. The molecular formula is C17H31IN6. The Morgan fingerprint density at radius 1 is 1.21 bits per heavy atom. The maximum atomic E-state index is 4.65.